The van der Waals surface area contributed by atoms with Crippen molar-refractivity contribution in [1.29, 1.82) is 0 Å². The van der Waals surface area contributed by atoms with E-state index >= 15 is 0 Å². The van der Waals surface area contributed by atoms with Crippen molar-refractivity contribution >= 4 is 5.69 Å². The zero-order valence-electron chi connectivity index (χ0n) is 13.9. The monoisotopic (exact) mass is 333 g/mol. The van der Waals surface area contributed by atoms with E-state index in [1.54, 1.807) is 24.3 Å². The number of hydrogen-bond donors (Lipinski definition) is 1. The summed E-state index contributed by atoms with van der Waals surface area (Å²) in [5, 5.41) is 20.9. The minimum atomic E-state index is -0.965. The van der Waals surface area contributed by atoms with Crippen molar-refractivity contribution in [3.63, 3.8) is 0 Å². The Kier molecular flexibility index (Phi) is 5.25. The van der Waals surface area contributed by atoms with Crippen LogP contribution in [0.15, 0.2) is 30.3 Å². The van der Waals surface area contributed by atoms with E-state index in [0.717, 1.165) is 5.56 Å². The lowest BCUT2D eigenvalue weighted by Crippen LogP contribution is -2.00. The van der Waals surface area contributed by atoms with Crippen LogP contribution in [-0.4, -0.2) is 31.4 Å². The Labute approximate surface area is 139 Å². The molecule has 0 aromatic heterocycles. The topological polar surface area (TPSA) is 91.1 Å². The predicted octanol–water partition coefficient (Wildman–Crippen LogP) is 3.34. The van der Waals surface area contributed by atoms with Crippen molar-refractivity contribution in [1.82, 2.24) is 0 Å². The standard InChI is InChI=1S/C17H19NO6/c1-10(19)13-7-11(5-6-14(13)18(20)21)12-8-15(22-2)17(24-4)16(9-12)23-3/h5-10,19H,1-4H3. The van der Waals surface area contributed by atoms with Gasteiger partial charge in [-0.1, -0.05) is 0 Å². The van der Waals surface area contributed by atoms with Crippen LogP contribution in [-0.2, 0) is 0 Å². The normalized spacial score (nSPS) is 11.7. The van der Waals surface area contributed by atoms with Crippen molar-refractivity contribution in [2.45, 2.75) is 13.0 Å². The van der Waals surface area contributed by atoms with Gasteiger partial charge in [-0.3, -0.25) is 10.1 Å². The van der Waals surface area contributed by atoms with Crippen LogP contribution >= 0.6 is 0 Å². The number of methoxy groups -OCH3 is 3. The minimum absolute atomic E-state index is 0.124. The first-order valence-corrected chi connectivity index (χ1v) is 7.19. The second-order valence-electron chi connectivity index (χ2n) is 5.12. The number of nitro benzene ring substituents is 1. The SMILES string of the molecule is COc1cc(-c2ccc([N+](=O)[O-])c(C(C)O)c2)cc(OC)c1OC. The van der Waals surface area contributed by atoms with Crippen molar-refractivity contribution in [3.8, 4) is 28.4 Å². The van der Waals surface area contributed by atoms with E-state index in [4.69, 9.17) is 14.2 Å². The number of hydrogen-bond acceptors (Lipinski definition) is 6. The third-order valence-electron chi connectivity index (χ3n) is 3.67. The summed E-state index contributed by atoms with van der Waals surface area (Å²) in [5.41, 5.74) is 1.53. The Bertz CT molecular complexity index is 732. The van der Waals surface area contributed by atoms with Crippen LogP contribution in [0.25, 0.3) is 11.1 Å². The lowest BCUT2D eigenvalue weighted by Gasteiger charge is -2.15. The fourth-order valence-corrected chi connectivity index (χ4v) is 2.48. The highest BCUT2D eigenvalue weighted by atomic mass is 16.6. The average Bonchev–Trinajstić information content (AvgIpc) is 2.59. The number of rotatable bonds is 6. The molecule has 0 aliphatic heterocycles. The Morgan fingerprint density at radius 2 is 1.58 bits per heavy atom. The lowest BCUT2D eigenvalue weighted by atomic mass is 9.99. The first kappa shape index (κ1) is 17.6. The lowest BCUT2D eigenvalue weighted by molar-refractivity contribution is -0.386. The summed E-state index contributed by atoms with van der Waals surface area (Å²) in [4.78, 5) is 10.6. The molecule has 1 N–H and O–H groups in total. The van der Waals surface area contributed by atoms with Gasteiger partial charge in [-0.25, -0.2) is 0 Å². The van der Waals surface area contributed by atoms with Crippen LogP contribution in [0.2, 0.25) is 0 Å². The second-order valence-corrected chi connectivity index (χ2v) is 5.12. The maximum atomic E-state index is 11.1. The summed E-state index contributed by atoms with van der Waals surface area (Å²) >= 11 is 0. The van der Waals surface area contributed by atoms with Crippen molar-refractivity contribution in [2.75, 3.05) is 21.3 Å². The van der Waals surface area contributed by atoms with Crippen LogP contribution in [0.1, 0.15) is 18.6 Å². The molecule has 7 nitrogen and oxygen atoms in total. The third kappa shape index (κ3) is 3.26. The first-order chi connectivity index (χ1) is 11.4. The molecule has 0 aliphatic carbocycles. The van der Waals surface area contributed by atoms with Crippen LogP contribution in [0.3, 0.4) is 0 Å². The molecule has 0 aliphatic rings. The molecule has 0 spiro atoms. The molecule has 24 heavy (non-hydrogen) atoms. The molecule has 0 fully saturated rings. The number of benzene rings is 2. The maximum Gasteiger partial charge on any atom is 0.275 e. The molecule has 0 saturated heterocycles. The number of aliphatic hydroxyl groups excluding tert-OH is 1. The van der Waals surface area contributed by atoms with Crippen LogP contribution < -0.4 is 14.2 Å². The fourth-order valence-electron chi connectivity index (χ4n) is 2.48. The largest absolute Gasteiger partial charge is 0.493 e. The van der Waals surface area contributed by atoms with Gasteiger partial charge >= 0.3 is 0 Å². The molecule has 1 unspecified atom stereocenters. The molecular weight excluding hydrogens is 314 g/mol. The van der Waals surface area contributed by atoms with Gasteiger partial charge in [0.05, 0.1) is 37.9 Å². The van der Waals surface area contributed by atoms with E-state index in [9.17, 15) is 15.2 Å². The van der Waals surface area contributed by atoms with Gasteiger partial charge in [-0.2, -0.15) is 0 Å². The molecule has 0 radical (unpaired) electrons. The summed E-state index contributed by atoms with van der Waals surface area (Å²) in [6, 6.07) is 8.07. The molecule has 0 heterocycles. The quantitative estimate of drug-likeness (QED) is 0.644. The van der Waals surface area contributed by atoms with Gasteiger partial charge in [0.15, 0.2) is 11.5 Å². The number of nitrogens with zero attached hydrogens (tertiary/aromatic N) is 1. The zero-order valence-corrected chi connectivity index (χ0v) is 13.9. The van der Waals surface area contributed by atoms with Gasteiger partial charge in [0.2, 0.25) is 5.75 Å². The van der Waals surface area contributed by atoms with E-state index in [0.29, 0.717) is 22.8 Å². The zero-order chi connectivity index (χ0) is 17.9. The molecule has 0 bridgehead atoms. The van der Waals surface area contributed by atoms with Gasteiger partial charge in [0.1, 0.15) is 0 Å². The minimum Gasteiger partial charge on any atom is -0.493 e. The summed E-state index contributed by atoms with van der Waals surface area (Å²) < 4.78 is 15.9. The van der Waals surface area contributed by atoms with Crippen molar-refractivity contribution < 1.29 is 24.2 Å². The Morgan fingerprint density at radius 1 is 1.00 bits per heavy atom. The third-order valence-corrected chi connectivity index (χ3v) is 3.67. The van der Waals surface area contributed by atoms with Crippen molar-refractivity contribution in [2.24, 2.45) is 0 Å². The Balaban J connectivity index is 2.64. The van der Waals surface area contributed by atoms with Crippen molar-refractivity contribution in [3.05, 3.63) is 46.0 Å². The highest BCUT2D eigenvalue weighted by Crippen LogP contribution is 2.42. The van der Waals surface area contributed by atoms with E-state index in [1.807, 2.05) is 0 Å². The second kappa shape index (κ2) is 7.18. The Hall–Kier alpha value is -2.80. The molecule has 0 saturated carbocycles. The number of aliphatic hydroxyl groups is 1. The van der Waals surface area contributed by atoms with Gasteiger partial charge in [-0.05, 0) is 42.3 Å². The molecule has 128 valence electrons. The van der Waals surface area contributed by atoms with Gasteiger partial charge in [0.25, 0.3) is 5.69 Å². The molecule has 2 aromatic rings. The molecule has 1 atom stereocenters. The van der Waals surface area contributed by atoms with E-state index in [1.165, 1.54) is 34.3 Å². The van der Waals surface area contributed by atoms with Crippen LogP contribution in [0.4, 0.5) is 5.69 Å². The summed E-state index contributed by atoms with van der Waals surface area (Å²) in [6.45, 7) is 1.49. The first-order valence-electron chi connectivity index (χ1n) is 7.19. The number of ether oxygens (including phenoxy) is 3. The smallest absolute Gasteiger partial charge is 0.275 e. The summed E-state index contributed by atoms with van der Waals surface area (Å²) in [6.07, 6.45) is -0.965. The fraction of sp³-hybridized carbons (Fsp3) is 0.294. The molecule has 2 aromatic carbocycles. The van der Waals surface area contributed by atoms with Gasteiger partial charge in [-0.15, -0.1) is 0 Å². The average molecular weight is 333 g/mol. The van der Waals surface area contributed by atoms with Crippen LogP contribution in [0.5, 0.6) is 17.2 Å². The van der Waals surface area contributed by atoms with Gasteiger partial charge < -0.3 is 19.3 Å². The molecule has 2 rings (SSSR count). The van der Waals surface area contributed by atoms with E-state index in [2.05, 4.69) is 0 Å². The van der Waals surface area contributed by atoms with Crippen LogP contribution in [0, 0.1) is 10.1 Å². The highest BCUT2D eigenvalue weighted by molar-refractivity contribution is 5.73. The predicted molar refractivity (Wildman–Crippen MR) is 88.8 cm³/mol. The number of nitro groups is 1. The Morgan fingerprint density at radius 3 is 2.00 bits per heavy atom. The maximum absolute atomic E-state index is 11.1. The van der Waals surface area contributed by atoms with Gasteiger partial charge in [0, 0.05) is 6.07 Å². The van der Waals surface area contributed by atoms with E-state index < -0.39 is 11.0 Å². The molecule has 7 heteroatoms. The molecular formula is C17H19NO6. The summed E-state index contributed by atoms with van der Waals surface area (Å²) in [7, 11) is 4.54. The highest BCUT2D eigenvalue weighted by Gasteiger charge is 2.20. The molecule has 0 amide bonds. The van der Waals surface area contributed by atoms with E-state index in [-0.39, 0.29) is 11.3 Å². The summed E-state index contributed by atoms with van der Waals surface area (Å²) in [5.74, 6) is 1.41.